The SMILES string of the molecule is CNC1CCCc2sc(N)nc21. The fraction of sp³-hybridized carbons (Fsp3) is 0.625. The van der Waals surface area contributed by atoms with E-state index >= 15 is 0 Å². The maximum atomic E-state index is 5.65. The molecule has 1 heterocycles. The molecule has 0 saturated carbocycles. The van der Waals surface area contributed by atoms with E-state index in [9.17, 15) is 0 Å². The molecule has 0 amide bonds. The summed E-state index contributed by atoms with van der Waals surface area (Å²) in [6.07, 6.45) is 3.59. The highest BCUT2D eigenvalue weighted by atomic mass is 32.1. The van der Waals surface area contributed by atoms with Gasteiger partial charge in [-0.1, -0.05) is 0 Å². The number of nitrogens with one attached hydrogen (secondary N) is 1. The monoisotopic (exact) mass is 183 g/mol. The van der Waals surface area contributed by atoms with Crippen molar-refractivity contribution in [3.05, 3.63) is 10.6 Å². The van der Waals surface area contributed by atoms with Gasteiger partial charge in [-0.05, 0) is 26.3 Å². The number of aromatic nitrogens is 1. The zero-order valence-electron chi connectivity index (χ0n) is 7.13. The van der Waals surface area contributed by atoms with E-state index in [2.05, 4.69) is 10.3 Å². The minimum absolute atomic E-state index is 0.433. The van der Waals surface area contributed by atoms with Gasteiger partial charge in [0.2, 0.25) is 0 Å². The van der Waals surface area contributed by atoms with E-state index in [-0.39, 0.29) is 0 Å². The third-order valence-corrected chi connectivity index (χ3v) is 3.28. The van der Waals surface area contributed by atoms with Crippen LogP contribution in [0.3, 0.4) is 0 Å². The van der Waals surface area contributed by atoms with E-state index in [0.29, 0.717) is 11.2 Å². The summed E-state index contributed by atoms with van der Waals surface area (Å²) in [5.74, 6) is 0. The summed E-state index contributed by atoms with van der Waals surface area (Å²) in [7, 11) is 1.98. The minimum Gasteiger partial charge on any atom is -0.375 e. The fourth-order valence-electron chi connectivity index (χ4n) is 1.72. The Labute approximate surface area is 76.0 Å². The number of nitrogens with two attached hydrogens (primary N) is 1. The summed E-state index contributed by atoms with van der Waals surface area (Å²) < 4.78 is 0. The van der Waals surface area contributed by atoms with Crippen LogP contribution >= 0.6 is 11.3 Å². The van der Waals surface area contributed by atoms with Crippen LogP contribution < -0.4 is 11.1 Å². The van der Waals surface area contributed by atoms with E-state index in [4.69, 9.17) is 5.73 Å². The van der Waals surface area contributed by atoms with E-state index in [0.717, 1.165) is 6.42 Å². The molecule has 3 N–H and O–H groups in total. The average molecular weight is 183 g/mol. The van der Waals surface area contributed by atoms with Crippen molar-refractivity contribution in [2.75, 3.05) is 12.8 Å². The molecule has 1 aliphatic carbocycles. The summed E-state index contributed by atoms with van der Waals surface area (Å²) in [5.41, 5.74) is 6.84. The molecule has 1 aliphatic rings. The van der Waals surface area contributed by atoms with E-state index in [1.54, 1.807) is 11.3 Å². The van der Waals surface area contributed by atoms with E-state index < -0.39 is 0 Å². The zero-order chi connectivity index (χ0) is 8.55. The summed E-state index contributed by atoms with van der Waals surface area (Å²) >= 11 is 1.64. The lowest BCUT2D eigenvalue weighted by atomic mass is 9.98. The standard InChI is InChI=1S/C8H13N3S/c1-10-5-3-2-4-6-7(5)11-8(9)12-6/h5,10H,2-4H2,1H3,(H2,9,11). The maximum Gasteiger partial charge on any atom is 0.180 e. The number of fused-ring (bicyclic) bond motifs is 1. The van der Waals surface area contributed by atoms with Crippen molar-refractivity contribution in [2.24, 2.45) is 0 Å². The van der Waals surface area contributed by atoms with Crippen molar-refractivity contribution in [3.63, 3.8) is 0 Å². The van der Waals surface area contributed by atoms with Gasteiger partial charge in [-0.2, -0.15) is 0 Å². The van der Waals surface area contributed by atoms with Crippen molar-refractivity contribution in [1.29, 1.82) is 0 Å². The van der Waals surface area contributed by atoms with Crippen LogP contribution in [0.5, 0.6) is 0 Å². The number of aryl methyl sites for hydroxylation is 1. The second-order valence-electron chi connectivity index (χ2n) is 3.09. The van der Waals surface area contributed by atoms with Crippen LogP contribution in [0, 0.1) is 0 Å². The highest BCUT2D eigenvalue weighted by molar-refractivity contribution is 7.15. The molecule has 0 radical (unpaired) electrons. The number of thiazole rings is 1. The van der Waals surface area contributed by atoms with Crippen molar-refractivity contribution in [2.45, 2.75) is 25.3 Å². The predicted octanol–water partition coefficient (Wildman–Crippen LogP) is 1.32. The smallest absolute Gasteiger partial charge is 0.180 e. The van der Waals surface area contributed by atoms with Crippen molar-refractivity contribution in [1.82, 2.24) is 10.3 Å². The number of rotatable bonds is 1. The molecular formula is C8H13N3S. The third kappa shape index (κ3) is 1.21. The highest BCUT2D eigenvalue weighted by Gasteiger charge is 2.22. The molecule has 0 spiro atoms. The Morgan fingerprint density at radius 2 is 2.50 bits per heavy atom. The lowest BCUT2D eigenvalue weighted by Crippen LogP contribution is -2.21. The largest absolute Gasteiger partial charge is 0.375 e. The maximum absolute atomic E-state index is 5.65. The Morgan fingerprint density at radius 1 is 1.67 bits per heavy atom. The molecule has 1 aromatic heterocycles. The molecule has 3 nitrogen and oxygen atoms in total. The Bertz CT molecular complexity index is 282. The number of nitrogens with zero attached hydrogens (tertiary/aromatic N) is 1. The van der Waals surface area contributed by atoms with Gasteiger partial charge in [0.05, 0.1) is 11.7 Å². The van der Waals surface area contributed by atoms with Crippen LogP contribution in [0.25, 0.3) is 0 Å². The van der Waals surface area contributed by atoms with Crippen LogP contribution in [-0.2, 0) is 6.42 Å². The normalized spacial score (nSPS) is 22.2. The van der Waals surface area contributed by atoms with Crippen molar-refractivity contribution in [3.8, 4) is 0 Å². The van der Waals surface area contributed by atoms with Crippen LogP contribution in [0.2, 0.25) is 0 Å². The first-order valence-corrected chi connectivity index (χ1v) is 5.05. The first kappa shape index (κ1) is 8.01. The molecule has 66 valence electrons. The molecule has 2 rings (SSSR count). The van der Waals surface area contributed by atoms with Crippen LogP contribution in [0.15, 0.2) is 0 Å². The van der Waals surface area contributed by atoms with Crippen molar-refractivity contribution < 1.29 is 0 Å². The second kappa shape index (κ2) is 3.03. The molecule has 4 heteroatoms. The van der Waals surface area contributed by atoms with Gasteiger partial charge in [0.15, 0.2) is 5.13 Å². The molecule has 0 aromatic carbocycles. The topological polar surface area (TPSA) is 50.9 Å². The van der Waals surface area contributed by atoms with Gasteiger partial charge in [0.25, 0.3) is 0 Å². The van der Waals surface area contributed by atoms with Gasteiger partial charge in [0.1, 0.15) is 0 Å². The summed E-state index contributed by atoms with van der Waals surface area (Å²) in [4.78, 5) is 5.71. The van der Waals surface area contributed by atoms with Gasteiger partial charge < -0.3 is 11.1 Å². The number of hydrogen-bond acceptors (Lipinski definition) is 4. The molecule has 12 heavy (non-hydrogen) atoms. The molecular weight excluding hydrogens is 170 g/mol. The summed E-state index contributed by atoms with van der Waals surface area (Å²) in [5, 5.41) is 3.97. The molecule has 1 atom stereocenters. The lowest BCUT2D eigenvalue weighted by molar-refractivity contribution is 0.490. The highest BCUT2D eigenvalue weighted by Crippen LogP contribution is 2.33. The van der Waals surface area contributed by atoms with Gasteiger partial charge in [-0.3, -0.25) is 0 Å². The van der Waals surface area contributed by atoms with Gasteiger partial charge in [-0.15, -0.1) is 11.3 Å². The zero-order valence-corrected chi connectivity index (χ0v) is 7.95. The van der Waals surface area contributed by atoms with Gasteiger partial charge >= 0.3 is 0 Å². The summed E-state index contributed by atoms with van der Waals surface area (Å²) in [6, 6.07) is 0.433. The second-order valence-corrected chi connectivity index (χ2v) is 4.21. The first-order chi connectivity index (χ1) is 5.81. The Morgan fingerprint density at radius 3 is 3.25 bits per heavy atom. The molecule has 0 saturated heterocycles. The molecule has 0 aliphatic heterocycles. The van der Waals surface area contributed by atoms with Crippen molar-refractivity contribution >= 4 is 16.5 Å². The van der Waals surface area contributed by atoms with E-state index in [1.165, 1.54) is 23.4 Å². The Hall–Kier alpha value is -0.610. The van der Waals surface area contributed by atoms with Gasteiger partial charge in [-0.25, -0.2) is 4.98 Å². The predicted molar refractivity (Wildman–Crippen MR) is 51.3 cm³/mol. The lowest BCUT2D eigenvalue weighted by Gasteiger charge is -2.19. The van der Waals surface area contributed by atoms with Crippen LogP contribution in [0.1, 0.15) is 29.5 Å². The first-order valence-electron chi connectivity index (χ1n) is 4.23. The van der Waals surface area contributed by atoms with Crippen LogP contribution in [-0.4, -0.2) is 12.0 Å². The molecule has 1 unspecified atom stereocenters. The third-order valence-electron chi connectivity index (χ3n) is 2.32. The summed E-state index contributed by atoms with van der Waals surface area (Å²) in [6.45, 7) is 0. The fourth-order valence-corrected chi connectivity index (χ4v) is 2.65. The number of nitrogen functional groups attached to an aromatic ring is 1. The Balaban J connectivity index is 2.36. The van der Waals surface area contributed by atoms with E-state index in [1.807, 2.05) is 7.05 Å². The quantitative estimate of drug-likeness (QED) is 0.690. The number of hydrogen-bond donors (Lipinski definition) is 2. The van der Waals surface area contributed by atoms with Gasteiger partial charge in [0, 0.05) is 4.88 Å². The molecule has 0 bridgehead atoms. The minimum atomic E-state index is 0.433. The Kier molecular flexibility index (Phi) is 2.02. The number of anilines is 1. The molecule has 0 fully saturated rings. The van der Waals surface area contributed by atoms with Crippen LogP contribution in [0.4, 0.5) is 5.13 Å². The average Bonchev–Trinajstić information content (AvgIpc) is 2.44. The molecule has 1 aromatic rings.